The maximum absolute atomic E-state index is 12.4. The van der Waals surface area contributed by atoms with Crippen LogP contribution in [0, 0.1) is 0 Å². The van der Waals surface area contributed by atoms with Crippen molar-refractivity contribution in [2.24, 2.45) is 0 Å². The molecule has 1 fully saturated rings. The lowest BCUT2D eigenvalue weighted by molar-refractivity contribution is 0.00578. The van der Waals surface area contributed by atoms with Crippen LogP contribution in [0.2, 0.25) is 0 Å². The summed E-state index contributed by atoms with van der Waals surface area (Å²) in [7, 11) is 1.82. The average molecular weight is 396 g/mol. The first-order valence-corrected chi connectivity index (χ1v) is 9.37. The molecule has 6 nitrogen and oxygen atoms in total. The molecule has 29 heavy (non-hydrogen) atoms. The van der Waals surface area contributed by atoms with Crippen molar-refractivity contribution in [2.75, 3.05) is 14.2 Å². The van der Waals surface area contributed by atoms with Crippen LogP contribution < -0.4 is 5.46 Å². The van der Waals surface area contributed by atoms with E-state index in [0.29, 0.717) is 5.46 Å². The van der Waals surface area contributed by atoms with Gasteiger partial charge >= 0.3 is 19.1 Å². The number of carbonyl (C=O) groups excluding carboxylic acids is 2. The summed E-state index contributed by atoms with van der Waals surface area (Å²) in [5.41, 5.74) is 1.33. The lowest BCUT2D eigenvalue weighted by atomic mass is 9.73. The topological polar surface area (TPSA) is 71.1 Å². The standard InChI is InChI=1S/C22H25BO6/c1-21(2)22(3,4)29-23(28-21)18-13-17(20(25)27-6)16(19(24)26-5)12-15(18)14-10-8-7-9-11-14/h7-13H,1-6H3. The Morgan fingerprint density at radius 1 is 0.828 bits per heavy atom. The van der Waals surface area contributed by atoms with Crippen LogP contribution in [0.1, 0.15) is 48.4 Å². The van der Waals surface area contributed by atoms with Gasteiger partial charge in [0.25, 0.3) is 0 Å². The zero-order valence-corrected chi connectivity index (χ0v) is 17.6. The fraction of sp³-hybridized carbons (Fsp3) is 0.364. The van der Waals surface area contributed by atoms with Crippen molar-refractivity contribution < 1.29 is 28.4 Å². The van der Waals surface area contributed by atoms with Crippen molar-refractivity contribution in [3.8, 4) is 11.1 Å². The Morgan fingerprint density at radius 3 is 1.79 bits per heavy atom. The fourth-order valence-corrected chi connectivity index (χ4v) is 3.21. The summed E-state index contributed by atoms with van der Waals surface area (Å²) in [6.07, 6.45) is 0. The van der Waals surface area contributed by atoms with E-state index in [1.807, 2.05) is 58.0 Å². The highest BCUT2D eigenvalue weighted by Gasteiger charge is 2.52. The third kappa shape index (κ3) is 3.80. The summed E-state index contributed by atoms with van der Waals surface area (Å²) in [5.74, 6) is -1.26. The van der Waals surface area contributed by atoms with Crippen molar-refractivity contribution in [3.05, 3.63) is 53.6 Å². The third-order valence-electron chi connectivity index (χ3n) is 5.59. The minimum atomic E-state index is -0.717. The molecule has 152 valence electrons. The van der Waals surface area contributed by atoms with E-state index in [-0.39, 0.29) is 11.1 Å². The molecule has 0 atom stereocenters. The Hall–Kier alpha value is -2.64. The van der Waals surface area contributed by atoms with Crippen LogP contribution in [0.5, 0.6) is 0 Å². The van der Waals surface area contributed by atoms with Crippen LogP contribution in [0.25, 0.3) is 11.1 Å². The number of esters is 2. The van der Waals surface area contributed by atoms with Crippen molar-refractivity contribution in [3.63, 3.8) is 0 Å². The van der Waals surface area contributed by atoms with E-state index in [0.717, 1.165) is 11.1 Å². The average Bonchev–Trinajstić information content (AvgIpc) is 2.93. The molecule has 0 unspecified atom stereocenters. The van der Waals surface area contributed by atoms with Gasteiger partial charge in [0.05, 0.1) is 36.5 Å². The number of hydrogen-bond acceptors (Lipinski definition) is 6. The zero-order chi connectivity index (χ0) is 21.4. The molecule has 0 bridgehead atoms. The van der Waals surface area contributed by atoms with Crippen LogP contribution in [0.3, 0.4) is 0 Å². The molecule has 0 aromatic heterocycles. The maximum atomic E-state index is 12.4. The predicted molar refractivity (Wildman–Crippen MR) is 110 cm³/mol. The number of rotatable bonds is 4. The van der Waals surface area contributed by atoms with Crippen molar-refractivity contribution >= 4 is 24.5 Å². The Labute approximate surface area is 171 Å². The molecule has 0 radical (unpaired) electrons. The number of carbonyl (C=O) groups is 2. The second kappa shape index (κ2) is 7.65. The summed E-state index contributed by atoms with van der Waals surface area (Å²) >= 11 is 0. The van der Waals surface area contributed by atoms with Gasteiger partial charge in [-0.05, 0) is 56.4 Å². The maximum Gasteiger partial charge on any atom is 0.495 e. The molecular formula is C22H25BO6. The predicted octanol–water partition coefficient (Wildman–Crippen LogP) is 3.23. The normalized spacial score (nSPS) is 17.1. The van der Waals surface area contributed by atoms with Gasteiger partial charge in [-0.15, -0.1) is 0 Å². The van der Waals surface area contributed by atoms with Gasteiger partial charge in [0.2, 0.25) is 0 Å². The van der Waals surface area contributed by atoms with Gasteiger partial charge in [0.15, 0.2) is 0 Å². The van der Waals surface area contributed by atoms with Crippen molar-refractivity contribution in [2.45, 2.75) is 38.9 Å². The van der Waals surface area contributed by atoms with Gasteiger partial charge in [-0.3, -0.25) is 0 Å². The SMILES string of the molecule is COC(=O)c1cc(B2OC(C)(C)C(C)(C)O2)c(-c2ccccc2)cc1C(=O)OC. The molecule has 2 aromatic rings. The molecule has 1 saturated heterocycles. The minimum absolute atomic E-state index is 0.101. The number of benzene rings is 2. The van der Waals surface area contributed by atoms with Crippen LogP contribution in [0.4, 0.5) is 0 Å². The lowest BCUT2D eigenvalue weighted by Gasteiger charge is -2.32. The molecular weight excluding hydrogens is 371 g/mol. The summed E-state index contributed by atoms with van der Waals surface area (Å²) in [6, 6.07) is 12.8. The molecule has 2 aromatic carbocycles. The molecule has 0 aliphatic carbocycles. The van der Waals surface area contributed by atoms with Gasteiger partial charge in [0.1, 0.15) is 0 Å². The van der Waals surface area contributed by atoms with E-state index in [2.05, 4.69) is 0 Å². The molecule has 0 saturated carbocycles. The van der Waals surface area contributed by atoms with Gasteiger partial charge in [-0.2, -0.15) is 0 Å². The van der Waals surface area contributed by atoms with Gasteiger partial charge in [-0.1, -0.05) is 30.3 Å². The zero-order valence-electron chi connectivity index (χ0n) is 17.6. The van der Waals surface area contributed by atoms with Gasteiger partial charge in [0, 0.05) is 0 Å². The summed E-state index contributed by atoms with van der Waals surface area (Å²) in [6.45, 7) is 7.83. The first-order valence-electron chi connectivity index (χ1n) is 9.37. The Morgan fingerprint density at radius 2 is 1.31 bits per heavy atom. The molecule has 1 aliphatic heterocycles. The largest absolute Gasteiger partial charge is 0.495 e. The van der Waals surface area contributed by atoms with Crippen LogP contribution in [-0.4, -0.2) is 44.5 Å². The van der Waals surface area contributed by atoms with E-state index in [4.69, 9.17) is 18.8 Å². The molecule has 1 aliphatic rings. The fourth-order valence-electron chi connectivity index (χ4n) is 3.21. The van der Waals surface area contributed by atoms with Crippen LogP contribution in [0.15, 0.2) is 42.5 Å². The monoisotopic (exact) mass is 396 g/mol. The van der Waals surface area contributed by atoms with E-state index in [9.17, 15) is 9.59 Å². The second-order valence-corrected chi connectivity index (χ2v) is 7.92. The lowest BCUT2D eigenvalue weighted by Crippen LogP contribution is -2.41. The Balaban J connectivity index is 2.25. The molecule has 7 heteroatoms. The highest BCUT2D eigenvalue weighted by atomic mass is 16.7. The Kier molecular flexibility index (Phi) is 5.56. The van der Waals surface area contributed by atoms with E-state index in [1.54, 1.807) is 12.1 Å². The van der Waals surface area contributed by atoms with Crippen molar-refractivity contribution in [1.82, 2.24) is 0 Å². The van der Waals surface area contributed by atoms with E-state index < -0.39 is 30.3 Å². The second-order valence-electron chi connectivity index (χ2n) is 7.92. The molecule has 3 rings (SSSR count). The first-order chi connectivity index (χ1) is 13.6. The highest BCUT2D eigenvalue weighted by Crippen LogP contribution is 2.37. The van der Waals surface area contributed by atoms with Gasteiger partial charge in [-0.25, -0.2) is 9.59 Å². The van der Waals surface area contributed by atoms with Crippen LogP contribution >= 0.6 is 0 Å². The number of hydrogen-bond donors (Lipinski definition) is 0. The minimum Gasteiger partial charge on any atom is -0.465 e. The number of methoxy groups -OCH3 is 2. The van der Waals surface area contributed by atoms with Crippen molar-refractivity contribution in [1.29, 1.82) is 0 Å². The molecule has 0 N–H and O–H groups in total. The number of ether oxygens (including phenoxy) is 2. The smallest absolute Gasteiger partial charge is 0.465 e. The third-order valence-corrected chi connectivity index (χ3v) is 5.59. The van der Waals surface area contributed by atoms with E-state index >= 15 is 0 Å². The molecule has 0 spiro atoms. The Bertz CT molecular complexity index is 920. The summed E-state index contributed by atoms with van der Waals surface area (Å²) in [5, 5.41) is 0. The van der Waals surface area contributed by atoms with E-state index in [1.165, 1.54) is 14.2 Å². The quantitative estimate of drug-likeness (QED) is 0.584. The highest BCUT2D eigenvalue weighted by molar-refractivity contribution is 6.64. The molecule has 0 amide bonds. The summed E-state index contributed by atoms with van der Waals surface area (Å²) < 4.78 is 22.2. The van der Waals surface area contributed by atoms with Gasteiger partial charge < -0.3 is 18.8 Å². The van der Waals surface area contributed by atoms with Crippen LogP contribution in [-0.2, 0) is 18.8 Å². The summed E-state index contributed by atoms with van der Waals surface area (Å²) in [4.78, 5) is 24.8. The molecule has 1 heterocycles. The first kappa shape index (κ1) is 21.1.